The molecule has 0 bridgehead atoms. The molecule has 0 aromatic carbocycles. The molecule has 94 valence electrons. The Morgan fingerprint density at radius 1 is 1.53 bits per heavy atom. The van der Waals surface area contributed by atoms with E-state index in [2.05, 4.69) is 29.7 Å². The summed E-state index contributed by atoms with van der Waals surface area (Å²) in [6, 6.07) is 0. The van der Waals surface area contributed by atoms with Crippen molar-refractivity contribution in [3.8, 4) is 0 Å². The van der Waals surface area contributed by atoms with Gasteiger partial charge in [-0.2, -0.15) is 0 Å². The molecule has 0 fully saturated rings. The van der Waals surface area contributed by atoms with Crippen LogP contribution in [0, 0.1) is 5.92 Å². The van der Waals surface area contributed by atoms with Crippen LogP contribution < -0.4 is 5.32 Å². The maximum atomic E-state index is 11.7. The molecule has 0 spiro atoms. The topological polar surface area (TPSA) is 41.5 Å². The number of rotatable bonds is 7. The highest BCUT2D eigenvalue weighted by atomic mass is 32.1. The third-order valence-corrected chi connectivity index (χ3v) is 3.04. The number of hydrogen-bond acceptors (Lipinski definition) is 3. The maximum absolute atomic E-state index is 11.7. The second kappa shape index (κ2) is 8.12. The molecular formula is C13H20N2OS. The van der Waals surface area contributed by atoms with E-state index in [1.54, 1.807) is 0 Å². The summed E-state index contributed by atoms with van der Waals surface area (Å²) in [5, 5.41) is 2.95. The van der Waals surface area contributed by atoms with Gasteiger partial charge in [0.1, 0.15) is 0 Å². The first-order valence-electron chi connectivity index (χ1n) is 6.01. The first-order chi connectivity index (χ1) is 8.24. The van der Waals surface area contributed by atoms with Crippen LogP contribution in [0.2, 0.25) is 0 Å². The van der Waals surface area contributed by atoms with Gasteiger partial charge in [-0.3, -0.25) is 4.79 Å². The standard InChI is InChI=1S/C13H20N2OS/c1-14-9-3-2-4-10-15-13(16)11-5-7-12(17)8-6-11/h5,7-8,11,17H,1-4,6,9-10H2,(H,15,16). The zero-order chi connectivity index (χ0) is 12.5. The number of allylic oxidation sites excluding steroid dienone is 2. The van der Waals surface area contributed by atoms with Gasteiger partial charge in [0, 0.05) is 13.1 Å². The number of thiol groups is 1. The van der Waals surface area contributed by atoms with E-state index in [1.807, 2.05) is 18.2 Å². The monoisotopic (exact) mass is 252 g/mol. The van der Waals surface area contributed by atoms with E-state index < -0.39 is 0 Å². The SMILES string of the molecule is C=NCCCCCNC(=O)C1C=CC(S)=CC1. The zero-order valence-corrected chi connectivity index (χ0v) is 11.0. The van der Waals surface area contributed by atoms with Crippen LogP contribution in [0.4, 0.5) is 0 Å². The average molecular weight is 252 g/mol. The predicted octanol–water partition coefficient (Wildman–Crippen LogP) is 2.36. The van der Waals surface area contributed by atoms with Crippen LogP contribution in [0.5, 0.6) is 0 Å². The molecular weight excluding hydrogens is 232 g/mol. The molecule has 1 unspecified atom stereocenters. The highest BCUT2D eigenvalue weighted by Gasteiger charge is 2.15. The third-order valence-electron chi connectivity index (χ3n) is 2.71. The fourth-order valence-corrected chi connectivity index (χ4v) is 1.86. The normalized spacial score (nSPS) is 18.6. The predicted molar refractivity (Wildman–Crippen MR) is 75.6 cm³/mol. The molecule has 4 heteroatoms. The maximum Gasteiger partial charge on any atom is 0.227 e. The third kappa shape index (κ3) is 5.73. The van der Waals surface area contributed by atoms with Gasteiger partial charge >= 0.3 is 0 Å². The van der Waals surface area contributed by atoms with Crippen molar-refractivity contribution < 1.29 is 4.79 Å². The van der Waals surface area contributed by atoms with E-state index in [1.165, 1.54) is 0 Å². The molecule has 1 atom stereocenters. The molecule has 0 aromatic heterocycles. The minimum absolute atomic E-state index is 0.0271. The summed E-state index contributed by atoms with van der Waals surface area (Å²) in [5.74, 6) is 0.0842. The van der Waals surface area contributed by atoms with Crippen LogP contribution in [0.25, 0.3) is 0 Å². The lowest BCUT2D eigenvalue weighted by Crippen LogP contribution is -2.30. The highest BCUT2D eigenvalue weighted by molar-refractivity contribution is 7.84. The molecule has 1 aliphatic carbocycles. The molecule has 3 nitrogen and oxygen atoms in total. The van der Waals surface area contributed by atoms with Gasteiger partial charge in [-0.25, -0.2) is 0 Å². The molecule has 0 heterocycles. The summed E-state index contributed by atoms with van der Waals surface area (Å²) in [4.78, 5) is 16.5. The molecule has 17 heavy (non-hydrogen) atoms. The molecule has 1 N–H and O–H groups in total. The lowest BCUT2D eigenvalue weighted by atomic mass is 10.00. The number of unbranched alkanes of at least 4 members (excludes halogenated alkanes) is 2. The van der Waals surface area contributed by atoms with E-state index in [0.29, 0.717) is 0 Å². The lowest BCUT2D eigenvalue weighted by molar-refractivity contribution is -0.123. The number of nitrogens with one attached hydrogen (secondary N) is 1. The van der Waals surface area contributed by atoms with Gasteiger partial charge in [0.25, 0.3) is 0 Å². The summed E-state index contributed by atoms with van der Waals surface area (Å²) >= 11 is 4.22. The van der Waals surface area contributed by atoms with Gasteiger partial charge in [0.15, 0.2) is 0 Å². The van der Waals surface area contributed by atoms with Crippen LogP contribution in [-0.4, -0.2) is 25.7 Å². The molecule has 0 aromatic rings. The second-order valence-corrected chi connectivity index (χ2v) is 4.65. The number of carbonyl (C=O) groups is 1. The van der Waals surface area contributed by atoms with E-state index in [9.17, 15) is 4.79 Å². The van der Waals surface area contributed by atoms with Gasteiger partial charge < -0.3 is 10.3 Å². The Morgan fingerprint density at radius 3 is 3.00 bits per heavy atom. The Morgan fingerprint density at radius 2 is 2.35 bits per heavy atom. The summed E-state index contributed by atoms with van der Waals surface area (Å²) < 4.78 is 0. The van der Waals surface area contributed by atoms with Crippen LogP contribution in [-0.2, 0) is 4.79 Å². The average Bonchev–Trinajstić information content (AvgIpc) is 2.34. The Bertz CT molecular complexity index is 323. The molecule has 0 aliphatic heterocycles. The molecule has 0 radical (unpaired) electrons. The molecule has 0 saturated carbocycles. The Hall–Kier alpha value is -1.03. The Labute approximate surface area is 108 Å². The number of aliphatic imine (C=N–C) groups is 1. The Balaban J connectivity index is 2.10. The van der Waals surface area contributed by atoms with E-state index >= 15 is 0 Å². The van der Waals surface area contributed by atoms with Gasteiger partial charge in [-0.15, -0.1) is 12.6 Å². The van der Waals surface area contributed by atoms with Crippen molar-refractivity contribution in [1.82, 2.24) is 5.32 Å². The van der Waals surface area contributed by atoms with Crippen molar-refractivity contribution in [3.05, 3.63) is 23.1 Å². The zero-order valence-electron chi connectivity index (χ0n) is 10.1. The molecule has 1 rings (SSSR count). The quantitative estimate of drug-likeness (QED) is 0.408. The smallest absolute Gasteiger partial charge is 0.227 e. The highest BCUT2D eigenvalue weighted by Crippen LogP contribution is 2.18. The number of carbonyl (C=O) groups excluding carboxylic acids is 1. The van der Waals surface area contributed by atoms with Crippen LogP contribution in [0.15, 0.2) is 28.1 Å². The first-order valence-corrected chi connectivity index (χ1v) is 6.46. The second-order valence-electron chi connectivity index (χ2n) is 4.13. The lowest BCUT2D eigenvalue weighted by Gasteiger charge is -2.14. The largest absolute Gasteiger partial charge is 0.356 e. The first kappa shape index (κ1) is 14.0. The van der Waals surface area contributed by atoms with E-state index in [-0.39, 0.29) is 11.8 Å². The summed E-state index contributed by atoms with van der Waals surface area (Å²) in [6.45, 7) is 5.00. The number of hydrogen-bond donors (Lipinski definition) is 2. The Kier molecular flexibility index (Phi) is 6.70. The summed E-state index contributed by atoms with van der Waals surface area (Å²) in [6.07, 6.45) is 9.66. The van der Waals surface area contributed by atoms with Crippen molar-refractivity contribution in [2.24, 2.45) is 10.9 Å². The van der Waals surface area contributed by atoms with Gasteiger partial charge in [0.05, 0.1) is 5.92 Å². The van der Waals surface area contributed by atoms with Crippen molar-refractivity contribution in [1.29, 1.82) is 0 Å². The van der Waals surface area contributed by atoms with Crippen molar-refractivity contribution >= 4 is 25.3 Å². The molecule has 0 saturated heterocycles. The number of nitrogens with zero attached hydrogens (tertiary/aromatic N) is 1. The minimum atomic E-state index is -0.0271. The van der Waals surface area contributed by atoms with Crippen molar-refractivity contribution in [3.63, 3.8) is 0 Å². The molecule has 1 amide bonds. The van der Waals surface area contributed by atoms with Gasteiger partial charge in [-0.05, 0) is 37.3 Å². The van der Waals surface area contributed by atoms with Crippen molar-refractivity contribution in [2.45, 2.75) is 25.7 Å². The van der Waals surface area contributed by atoms with Crippen molar-refractivity contribution in [2.75, 3.05) is 13.1 Å². The molecule has 1 aliphatic rings. The van der Waals surface area contributed by atoms with E-state index in [0.717, 1.165) is 43.7 Å². The summed E-state index contributed by atoms with van der Waals surface area (Å²) in [5.41, 5.74) is 0. The summed E-state index contributed by atoms with van der Waals surface area (Å²) in [7, 11) is 0. The number of amides is 1. The van der Waals surface area contributed by atoms with Crippen LogP contribution in [0.1, 0.15) is 25.7 Å². The minimum Gasteiger partial charge on any atom is -0.356 e. The van der Waals surface area contributed by atoms with E-state index in [4.69, 9.17) is 0 Å². The fraction of sp³-hybridized carbons (Fsp3) is 0.538. The van der Waals surface area contributed by atoms with Gasteiger partial charge in [0.2, 0.25) is 5.91 Å². The fourth-order valence-electron chi connectivity index (χ4n) is 1.67. The van der Waals surface area contributed by atoms with Crippen LogP contribution >= 0.6 is 12.6 Å². The van der Waals surface area contributed by atoms with Gasteiger partial charge in [-0.1, -0.05) is 18.2 Å². The van der Waals surface area contributed by atoms with Crippen LogP contribution in [0.3, 0.4) is 0 Å².